The fraction of sp³-hybridized carbons (Fsp3) is 0.522. The molecule has 2 heterocycles. The molecule has 35 heavy (non-hydrogen) atoms. The second-order valence-corrected chi connectivity index (χ2v) is 8.92. The van der Waals surface area contributed by atoms with Crippen molar-refractivity contribution in [3.63, 3.8) is 0 Å². The van der Waals surface area contributed by atoms with E-state index in [1.54, 1.807) is 4.90 Å². The van der Waals surface area contributed by atoms with Crippen molar-refractivity contribution in [2.75, 3.05) is 30.3 Å². The second-order valence-electron chi connectivity index (χ2n) is 8.92. The Morgan fingerprint density at radius 1 is 1.14 bits per heavy atom. The number of hydrogen-bond acceptors (Lipinski definition) is 5. The number of amides is 4. The van der Waals surface area contributed by atoms with Crippen LogP contribution in [0.3, 0.4) is 0 Å². The SMILES string of the molecule is N=C(N)N1CCC(CNC(=O)C2CCCCCC(=O)Nc3cc(NC(=O)O)ccc3C(=O)N2)CC1. The van der Waals surface area contributed by atoms with Crippen molar-refractivity contribution in [1.29, 1.82) is 5.41 Å². The van der Waals surface area contributed by atoms with Crippen LogP contribution in [-0.4, -0.2) is 65.5 Å². The van der Waals surface area contributed by atoms with Gasteiger partial charge in [0.25, 0.3) is 5.91 Å². The molecule has 0 bridgehead atoms. The van der Waals surface area contributed by atoms with Crippen molar-refractivity contribution in [2.24, 2.45) is 11.7 Å². The van der Waals surface area contributed by atoms with Crippen LogP contribution >= 0.6 is 0 Å². The normalized spacial score (nSPS) is 19.8. The number of carbonyl (C=O) groups excluding carboxylic acids is 3. The molecule has 2 aliphatic rings. The van der Waals surface area contributed by atoms with Gasteiger partial charge >= 0.3 is 6.09 Å². The van der Waals surface area contributed by atoms with E-state index >= 15 is 0 Å². The van der Waals surface area contributed by atoms with Gasteiger partial charge in [-0.3, -0.25) is 25.1 Å². The molecule has 4 amide bonds. The van der Waals surface area contributed by atoms with Crippen molar-refractivity contribution in [2.45, 2.75) is 51.0 Å². The number of carboxylic acid groups (broad SMARTS) is 1. The van der Waals surface area contributed by atoms with Crippen LogP contribution in [-0.2, 0) is 9.59 Å². The van der Waals surface area contributed by atoms with Crippen LogP contribution in [0.4, 0.5) is 16.2 Å². The van der Waals surface area contributed by atoms with Crippen LogP contribution in [0.25, 0.3) is 0 Å². The van der Waals surface area contributed by atoms with E-state index in [1.165, 1.54) is 18.2 Å². The van der Waals surface area contributed by atoms with Crippen molar-refractivity contribution >= 4 is 41.1 Å². The number of nitrogens with one attached hydrogen (secondary N) is 5. The zero-order valence-corrected chi connectivity index (χ0v) is 19.6. The lowest BCUT2D eigenvalue weighted by Crippen LogP contribution is -2.49. The fourth-order valence-corrected chi connectivity index (χ4v) is 4.32. The number of nitrogens with two attached hydrogens (primary N) is 1. The third-order valence-electron chi connectivity index (χ3n) is 6.33. The van der Waals surface area contributed by atoms with Crippen LogP contribution < -0.4 is 27.0 Å². The number of nitrogens with zero attached hydrogens (tertiary/aromatic N) is 1. The largest absolute Gasteiger partial charge is 0.465 e. The molecule has 12 heteroatoms. The summed E-state index contributed by atoms with van der Waals surface area (Å²) in [4.78, 5) is 51.1. The van der Waals surface area contributed by atoms with Gasteiger partial charge < -0.3 is 31.7 Å². The number of hydrogen-bond donors (Lipinski definition) is 7. The summed E-state index contributed by atoms with van der Waals surface area (Å²) in [6.07, 6.45) is 3.10. The predicted molar refractivity (Wildman–Crippen MR) is 130 cm³/mol. The maximum atomic E-state index is 13.1. The monoisotopic (exact) mass is 487 g/mol. The lowest BCUT2D eigenvalue weighted by molar-refractivity contribution is -0.123. The van der Waals surface area contributed by atoms with Gasteiger partial charge in [-0.25, -0.2) is 4.79 Å². The minimum atomic E-state index is -1.27. The van der Waals surface area contributed by atoms with E-state index in [1.807, 2.05) is 0 Å². The van der Waals surface area contributed by atoms with E-state index in [2.05, 4.69) is 21.3 Å². The molecule has 0 aromatic heterocycles. The van der Waals surface area contributed by atoms with Crippen molar-refractivity contribution in [3.8, 4) is 0 Å². The summed E-state index contributed by atoms with van der Waals surface area (Å²) in [5, 5.41) is 27.1. The number of guanidine groups is 1. The standard InChI is InChI=1S/C23H33N7O5/c24-22(25)30-10-8-14(9-11-30)13-26-21(33)17-4-2-1-3-5-19(31)28-18-12-15(27-23(34)35)6-7-16(18)20(32)29-17/h6-7,12,14,17,27H,1-5,8-11,13H2,(H3,24,25)(H,26,33)(H,28,31)(H,29,32)(H,34,35). The van der Waals surface area contributed by atoms with Gasteiger partial charge in [-0.05, 0) is 49.8 Å². The van der Waals surface area contributed by atoms with Crippen LogP contribution in [0, 0.1) is 11.3 Å². The molecule has 1 atom stereocenters. The maximum Gasteiger partial charge on any atom is 0.409 e. The molecule has 0 saturated carbocycles. The Bertz CT molecular complexity index is 975. The third kappa shape index (κ3) is 7.59. The third-order valence-corrected chi connectivity index (χ3v) is 6.33. The number of carbonyl (C=O) groups is 4. The van der Waals surface area contributed by atoms with Gasteiger partial charge in [0.2, 0.25) is 11.8 Å². The summed E-state index contributed by atoms with van der Waals surface area (Å²) in [6.45, 7) is 1.84. The number of likely N-dealkylation sites (tertiary alicyclic amines) is 1. The van der Waals surface area contributed by atoms with Crippen molar-refractivity contribution in [1.82, 2.24) is 15.5 Å². The Kier molecular flexibility index (Phi) is 8.87. The summed E-state index contributed by atoms with van der Waals surface area (Å²) in [7, 11) is 0. The van der Waals surface area contributed by atoms with E-state index in [9.17, 15) is 19.2 Å². The van der Waals surface area contributed by atoms with Gasteiger partial charge in [0.1, 0.15) is 6.04 Å². The Labute approximate surface area is 203 Å². The van der Waals surface area contributed by atoms with Gasteiger partial charge in [-0.2, -0.15) is 0 Å². The number of rotatable bonds is 4. The zero-order valence-electron chi connectivity index (χ0n) is 19.6. The number of anilines is 2. The number of piperidine rings is 1. The molecule has 0 aliphatic carbocycles. The average Bonchev–Trinajstić information content (AvgIpc) is 2.80. The van der Waals surface area contributed by atoms with Gasteiger partial charge in [0.15, 0.2) is 5.96 Å². The molecular weight excluding hydrogens is 454 g/mol. The van der Waals surface area contributed by atoms with Gasteiger partial charge in [-0.15, -0.1) is 0 Å². The molecule has 12 nitrogen and oxygen atoms in total. The van der Waals surface area contributed by atoms with Crippen LogP contribution in [0.2, 0.25) is 0 Å². The fourth-order valence-electron chi connectivity index (χ4n) is 4.32. The summed E-state index contributed by atoms with van der Waals surface area (Å²) in [6, 6.07) is 3.49. The van der Waals surface area contributed by atoms with E-state index in [4.69, 9.17) is 16.2 Å². The topological polar surface area (TPSA) is 190 Å². The molecular formula is C23H33N7O5. The highest BCUT2D eigenvalue weighted by atomic mass is 16.4. The molecule has 1 aromatic carbocycles. The first-order valence-corrected chi connectivity index (χ1v) is 11.8. The van der Waals surface area contributed by atoms with Crippen molar-refractivity contribution < 1.29 is 24.3 Å². The Morgan fingerprint density at radius 2 is 1.89 bits per heavy atom. The van der Waals surface area contributed by atoms with Crippen molar-refractivity contribution in [3.05, 3.63) is 23.8 Å². The van der Waals surface area contributed by atoms with E-state index < -0.39 is 18.0 Å². The average molecular weight is 488 g/mol. The summed E-state index contributed by atoms with van der Waals surface area (Å²) >= 11 is 0. The molecule has 2 aliphatic heterocycles. The van der Waals surface area contributed by atoms with Gasteiger partial charge in [0, 0.05) is 31.7 Å². The molecule has 0 radical (unpaired) electrons. The van der Waals surface area contributed by atoms with E-state index in [0.717, 1.165) is 19.3 Å². The highest BCUT2D eigenvalue weighted by Crippen LogP contribution is 2.23. The smallest absolute Gasteiger partial charge is 0.409 e. The minimum absolute atomic E-state index is 0.0609. The van der Waals surface area contributed by atoms with Crippen LogP contribution in [0.15, 0.2) is 18.2 Å². The first-order chi connectivity index (χ1) is 16.7. The van der Waals surface area contributed by atoms with Crippen LogP contribution in [0.1, 0.15) is 55.3 Å². The first kappa shape index (κ1) is 25.8. The predicted octanol–water partition coefficient (Wildman–Crippen LogP) is 1.50. The summed E-state index contributed by atoms with van der Waals surface area (Å²) in [5.74, 6) is -0.729. The lowest BCUT2D eigenvalue weighted by Gasteiger charge is -2.32. The second kappa shape index (κ2) is 12.0. The quantitative estimate of drug-likeness (QED) is 0.247. The van der Waals surface area contributed by atoms with Crippen LogP contribution in [0.5, 0.6) is 0 Å². The molecule has 1 fully saturated rings. The minimum Gasteiger partial charge on any atom is -0.465 e. The number of benzene rings is 1. The highest BCUT2D eigenvalue weighted by Gasteiger charge is 2.26. The molecule has 3 rings (SSSR count). The Balaban J connectivity index is 1.68. The molecule has 1 unspecified atom stereocenters. The molecule has 190 valence electrons. The molecule has 8 N–H and O–H groups in total. The zero-order chi connectivity index (χ0) is 25.4. The lowest BCUT2D eigenvalue weighted by atomic mass is 9.96. The summed E-state index contributed by atoms with van der Waals surface area (Å²) < 4.78 is 0. The van der Waals surface area contributed by atoms with Gasteiger partial charge in [0.05, 0.1) is 11.3 Å². The van der Waals surface area contributed by atoms with E-state index in [-0.39, 0.29) is 47.1 Å². The maximum absolute atomic E-state index is 13.1. The number of fused-ring (bicyclic) bond motifs is 1. The molecule has 1 aromatic rings. The molecule has 0 spiro atoms. The Hall–Kier alpha value is -3.83. The first-order valence-electron chi connectivity index (χ1n) is 11.8. The molecule has 1 saturated heterocycles. The summed E-state index contributed by atoms with van der Waals surface area (Å²) in [5.41, 5.74) is 6.06. The van der Waals surface area contributed by atoms with E-state index in [0.29, 0.717) is 38.9 Å². The highest BCUT2D eigenvalue weighted by molar-refractivity contribution is 6.06. The Morgan fingerprint density at radius 3 is 2.57 bits per heavy atom. The van der Waals surface area contributed by atoms with Gasteiger partial charge in [-0.1, -0.05) is 12.8 Å².